The maximum Gasteiger partial charge on any atom is 0.298 e. The monoisotopic (exact) mass is 498 g/mol. The van der Waals surface area contributed by atoms with Crippen molar-refractivity contribution in [2.75, 3.05) is 23.3 Å². The second kappa shape index (κ2) is 10.3. The van der Waals surface area contributed by atoms with E-state index < -0.39 is 18.0 Å². The Labute approximate surface area is 214 Å². The molecule has 37 heavy (non-hydrogen) atoms. The predicted octanol–water partition coefficient (Wildman–Crippen LogP) is 4.06. The molecule has 2 N–H and O–H groups in total. The van der Waals surface area contributed by atoms with Crippen LogP contribution in [0.1, 0.15) is 28.0 Å². The summed E-state index contributed by atoms with van der Waals surface area (Å²) in [6, 6.07) is 19.9. The highest BCUT2D eigenvalue weighted by Gasteiger charge is 2.31. The zero-order valence-corrected chi connectivity index (χ0v) is 20.6. The molecule has 1 aliphatic heterocycles. The van der Waals surface area contributed by atoms with Crippen LogP contribution in [0.25, 0.3) is 11.1 Å². The Balaban J connectivity index is 1.35. The van der Waals surface area contributed by atoms with Gasteiger partial charge < -0.3 is 14.8 Å². The highest BCUT2D eigenvalue weighted by Crippen LogP contribution is 2.30. The van der Waals surface area contributed by atoms with Gasteiger partial charge in [-0.05, 0) is 48.9 Å². The molecule has 0 aliphatic carbocycles. The van der Waals surface area contributed by atoms with E-state index in [1.165, 1.54) is 0 Å². The molecule has 2 unspecified atom stereocenters. The van der Waals surface area contributed by atoms with E-state index in [0.29, 0.717) is 29.3 Å². The highest BCUT2D eigenvalue weighted by molar-refractivity contribution is 6.47. The number of hydrogen-bond acceptors (Lipinski definition) is 6. The third-order valence-electron chi connectivity index (χ3n) is 6.59. The lowest BCUT2D eigenvalue weighted by Crippen LogP contribution is -2.51. The Kier molecular flexibility index (Phi) is 6.78. The van der Waals surface area contributed by atoms with Crippen LogP contribution in [0.5, 0.6) is 0 Å². The summed E-state index contributed by atoms with van der Waals surface area (Å²) in [4.78, 5) is 36.8. The van der Waals surface area contributed by atoms with E-state index >= 15 is 0 Å². The van der Waals surface area contributed by atoms with Crippen molar-refractivity contribution < 1.29 is 14.0 Å². The summed E-state index contributed by atoms with van der Waals surface area (Å²) in [6.45, 7) is 2.38. The molecular weight excluding hydrogens is 471 g/mol. The fraction of sp³-hybridized carbons (Fsp3) is 0.214. The number of aromatic nitrogens is 3. The molecule has 0 bridgehead atoms. The Bertz CT molecular complexity index is 1410. The number of alkyl halides is 1. The number of amides is 1. The van der Waals surface area contributed by atoms with Crippen LogP contribution in [0.3, 0.4) is 0 Å². The number of carbonyl (C=O) groups excluding carboxylic acids is 2. The van der Waals surface area contributed by atoms with E-state index in [0.717, 1.165) is 16.9 Å². The SMILES string of the molecule is Cc1cc(-c2ccccc2)c(C(=O)C(=O)Nc2ccc(N3CC(F)NCC3c3ncccn3)cc2)n1C. The summed E-state index contributed by atoms with van der Waals surface area (Å²) in [5.74, 6) is -0.758. The number of aryl methyl sites for hydroxylation is 1. The summed E-state index contributed by atoms with van der Waals surface area (Å²) < 4.78 is 15.9. The van der Waals surface area contributed by atoms with Crippen LogP contribution in [-0.2, 0) is 11.8 Å². The third-order valence-corrected chi connectivity index (χ3v) is 6.59. The van der Waals surface area contributed by atoms with Crippen molar-refractivity contribution in [1.29, 1.82) is 0 Å². The van der Waals surface area contributed by atoms with Crippen molar-refractivity contribution in [2.45, 2.75) is 19.3 Å². The minimum Gasteiger partial charge on any atom is -0.356 e. The first-order chi connectivity index (χ1) is 17.9. The van der Waals surface area contributed by atoms with Gasteiger partial charge in [0.25, 0.3) is 11.7 Å². The molecule has 2 aromatic heterocycles. The van der Waals surface area contributed by atoms with E-state index in [9.17, 15) is 14.0 Å². The minimum absolute atomic E-state index is 0.127. The molecule has 9 heteroatoms. The lowest BCUT2D eigenvalue weighted by molar-refractivity contribution is -0.112. The molecule has 1 amide bonds. The summed E-state index contributed by atoms with van der Waals surface area (Å²) in [5, 5.41) is 5.54. The lowest BCUT2D eigenvalue weighted by Gasteiger charge is -2.38. The molecule has 0 radical (unpaired) electrons. The second-order valence-electron chi connectivity index (χ2n) is 8.95. The van der Waals surface area contributed by atoms with Gasteiger partial charge in [-0.25, -0.2) is 14.4 Å². The second-order valence-corrected chi connectivity index (χ2v) is 8.95. The van der Waals surface area contributed by atoms with Crippen molar-refractivity contribution in [3.63, 3.8) is 0 Å². The molecule has 2 aromatic carbocycles. The number of benzene rings is 2. The molecule has 2 atom stereocenters. The van der Waals surface area contributed by atoms with Crippen LogP contribution in [-0.4, -0.2) is 45.6 Å². The first kappa shape index (κ1) is 24.3. The van der Waals surface area contributed by atoms with Gasteiger partial charge in [-0.15, -0.1) is 0 Å². The molecule has 3 heterocycles. The van der Waals surface area contributed by atoms with Crippen LogP contribution in [0, 0.1) is 6.92 Å². The lowest BCUT2D eigenvalue weighted by atomic mass is 10.0. The molecule has 1 aliphatic rings. The molecule has 188 valence electrons. The Morgan fingerprint density at radius 2 is 1.73 bits per heavy atom. The number of halogens is 1. The normalized spacial score (nSPS) is 17.4. The molecule has 5 rings (SSSR count). The van der Waals surface area contributed by atoms with Gasteiger partial charge in [0.2, 0.25) is 0 Å². The van der Waals surface area contributed by atoms with Crippen LogP contribution < -0.4 is 15.5 Å². The minimum atomic E-state index is -1.19. The van der Waals surface area contributed by atoms with Gasteiger partial charge in [0, 0.05) is 48.6 Å². The van der Waals surface area contributed by atoms with Crippen LogP contribution in [0.15, 0.2) is 79.1 Å². The zero-order valence-electron chi connectivity index (χ0n) is 20.6. The van der Waals surface area contributed by atoms with E-state index in [4.69, 9.17) is 0 Å². The van der Waals surface area contributed by atoms with Gasteiger partial charge >= 0.3 is 0 Å². The Hall–Kier alpha value is -4.37. The average molecular weight is 499 g/mol. The van der Waals surface area contributed by atoms with Gasteiger partial charge in [-0.3, -0.25) is 14.9 Å². The number of Topliss-reactive ketones (excluding diaryl/α,β-unsaturated/α-hetero) is 1. The number of nitrogens with zero attached hydrogens (tertiary/aromatic N) is 4. The van der Waals surface area contributed by atoms with Gasteiger partial charge in [0.05, 0.1) is 6.54 Å². The Morgan fingerprint density at radius 1 is 1.03 bits per heavy atom. The van der Waals surface area contributed by atoms with Gasteiger partial charge in [0.1, 0.15) is 11.7 Å². The van der Waals surface area contributed by atoms with Crippen molar-refractivity contribution in [1.82, 2.24) is 19.9 Å². The summed E-state index contributed by atoms with van der Waals surface area (Å²) in [5.41, 5.74) is 4.01. The molecular formula is C28H27FN6O2. The van der Waals surface area contributed by atoms with E-state index in [2.05, 4.69) is 20.6 Å². The smallest absolute Gasteiger partial charge is 0.298 e. The van der Waals surface area contributed by atoms with E-state index in [1.54, 1.807) is 54.3 Å². The zero-order chi connectivity index (χ0) is 25.9. The number of carbonyl (C=O) groups is 2. The first-order valence-corrected chi connectivity index (χ1v) is 12.0. The maximum atomic E-state index is 14.2. The van der Waals surface area contributed by atoms with E-state index in [1.807, 2.05) is 48.2 Å². The number of ketones is 1. The summed E-state index contributed by atoms with van der Waals surface area (Å²) >= 11 is 0. The molecule has 0 spiro atoms. The number of anilines is 2. The maximum absolute atomic E-state index is 14.2. The molecule has 0 saturated carbocycles. The fourth-order valence-electron chi connectivity index (χ4n) is 4.59. The van der Waals surface area contributed by atoms with Gasteiger partial charge in [0.15, 0.2) is 12.1 Å². The van der Waals surface area contributed by atoms with Crippen LogP contribution in [0.4, 0.5) is 15.8 Å². The molecule has 8 nitrogen and oxygen atoms in total. The Morgan fingerprint density at radius 3 is 2.43 bits per heavy atom. The summed E-state index contributed by atoms with van der Waals surface area (Å²) in [7, 11) is 1.77. The molecule has 1 fully saturated rings. The molecule has 1 saturated heterocycles. The highest BCUT2D eigenvalue weighted by atomic mass is 19.1. The number of piperazine rings is 1. The first-order valence-electron chi connectivity index (χ1n) is 12.0. The topological polar surface area (TPSA) is 92.2 Å². The third kappa shape index (κ3) is 4.99. The number of nitrogens with one attached hydrogen (secondary N) is 2. The summed E-state index contributed by atoms with van der Waals surface area (Å²) in [6.07, 6.45) is 2.13. The van der Waals surface area contributed by atoms with Gasteiger partial charge in [-0.1, -0.05) is 30.3 Å². The fourth-order valence-corrected chi connectivity index (χ4v) is 4.59. The number of hydrogen-bond donors (Lipinski definition) is 2. The van der Waals surface area contributed by atoms with Crippen LogP contribution >= 0.6 is 0 Å². The van der Waals surface area contributed by atoms with Crippen molar-refractivity contribution in [3.8, 4) is 11.1 Å². The predicted molar refractivity (Wildman–Crippen MR) is 140 cm³/mol. The van der Waals surface area contributed by atoms with Gasteiger partial charge in [-0.2, -0.15) is 0 Å². The van der Waals surface area contributed by atoms with E-state index in [-0.39, 0.29) is 12.6 Å². The van der Waals surface area contributed by atoms with Crippen molar-refractivity contribution >= 4 is 23.1 Å². The number of rotatable bonds is 6. The standard InChI is InChI=1S/C28H27FN6O2/c1-18-15-22(19-7-4-3-5-8-19)25(34(18)2)26(36)28(37)33-20-9-11-21(12-10-20)35-17-24(29)32-16-23(35)27-30-13-6-14-31-27/h3-15,23-24,32H,16-17H2,1-2H3,(H,33,37). The largest absolute Gasteiger partial charge is 0.356 e. The molecule has 4 aromatic rings. The van der Waals surface area contributed by atoms with Crippen LogP contribution in [0.2, 0.25) is 0 Å². The quantitative estimate of drug-likeness (QED) is 0.237. The van der Waals surface area contributed by atoms with Crippen molar-refractivity contribution in [3.05, 3.63) is 96.3 Å². The average Bonchev–Trinajstić information content (AvgIpc) is 3.23. The van der Waals surface area contributed by atoms with Crippen molar-refractivity contribution in [2.24, 2.45) is 7.05 Å².